The third-order valence-corrected chi connectivity index (χ3v) is 2.35. The van der Waals surface area contributed by atoms with E-state index in [9.17, 15) is 4.79 Å². The number of carboxylic acids is 1. The predicted molar refractivity (Wildman–Crippen MR) is 57.0 cm³/mol. The molecule has 1 unspecified atom stereocenters. The molecule has 2 nitrogen and oxygen atoms in total. The van der Waals surface area contributed by atoms with Crippen molar-refractivity contribution in [1.29, 1.82) is 0 Å². The maximum Gasteiger partial charge on any atom is 0.331 e. The molecule has 0 radical (unpaired) electrons. The molecule has 0 aliphatic heterocycles. The molecule has 0 spiro atoms. The van der Waals surface area contributed by atoms with Crippen molar-refractivity contribution in [3.63, 3.8) is 0 Å². The molecule has 1 aliphatic carbocycles. The lowest BCUT2D eigenvalue weighted by atomic mass is 9.80. The van der Waals surface area contributed by atoms with E-state index < -0.39 is 5.97 Å². The molecule has 0 saturated carbocycles. The summed E-state index contributed by atoms with van der Waals surface area (Å²) in [6, 6.07) is 0. The molecular weight excluding hydrogens is 176 g/mol. The summed E-state index contributed by atoms with van der Waals surface area (Å²) >= 11 is 0. The molecule has 0 aromatic rings. The van der Waals surface area contributed by atoms with Crippen LogP contribution < -0.4 is 0 Å². The number of aliphatic carboxylic acids is 1. The maximum absolute atomic E-state index is 10.8. The number of carboxylic acid groups (broad SMARTS) is 1. The highest BCUT2D eigenvalue weighted by Gasteiger charge is 2.24. The first-order valence-electron chi connectivity index (χ1n) is 4.87. The SMILES string of the molecule is CCC=CC1(C)C=CC=C(C(=O)O)C1. The smallest absolute Gasteiger partial charge is 0.331 e. The van der Waals surface area contributed by atoms with E-state index in [0.29, 0.717) is 12.0 Å². The second-order valence-electron chi connectivity index (χ2n) is 3.85. The van der Waals surface area contributed by atoms with Gasteiger partial charge in [-0.05, 0) is 12.8 Å². The molecule has 0 heterocycles. The number of carbonyl (C=O) groups is 1. The van der Waals surface area contributed by atoms with Gasteiger partial charge in [0.05, 0.1) is 0 Å². The topological polar surface area (TPSA) is 37.3 Å². The summed E-state index contributed by atoms with van der Waals surface area (Å²) in [6.07, 6.45) is 11.3. The van der Waals surface area contributed by atoms with Crippen LogP contribution in [0.15, 0.2) is 36.0 Å². The van der Waals surface area contributed by atoms with Crippen molar-refractivity contribution in [2.75, 3.05) is 0 Å². The van der Waals surface area contributed by atoms with Gasteiger partial charge >= 0.3 is 5.97 Å². The normalized spacial score (nSPS) is 26.6. The molecule has 1 atom stereocenters. The highest BCUT2D eigenvalue weighted by atomic mass is 16.4. The molecule has 1 rings (SSSR count). The van der Waals surface area contributed by atoms with Gasteiger partial charge in [-0.1, -0.05) is 44.2 Å². The van der Waals surface area contributed by atoms with Crippen LogP contribution >= 0.6 is 0 Å². The first-order chi connectivity index (χ1) is 6.57. The largest absolute Gasteiger partial charge is 0.478 e. The standard InChI is InChI=1S/C12H16O2/c1-3-4-7-12(2)8-5-6-10(9-12)11(13)14/h4-8H,3,9H2,1-2H3,(H,13,14). The van der Waals surface area contributed by atoms with Crippen molar-refractivity contribution in [3.8, 4) is 0 Å². The summed E-state index contributed by atoms with van der Waals surface area (Å²) in [7, 11) is 0. The fourth-order valence-corrected chi connectivity index (χ4v) is 1.56. The van der Waals surface area contributed by atoms with Crippen LogP contribution in [0.4, 0.5) is 0 Å². The molecular formula is C12H16O2. The van der Waals surface area contributed by atoms with Crippen molar-refractivity contribution >= 4 is 5.97 Å². The highest BCUT2D eigenvalue weighted by Crippen LogP contribution is 2.32. The number of hydrogen-bond donors (Lipinski definition) is 1. The first kappa shape index (κ1) is 10.8. The number of rotatable bonds is 3. The molecule has 0 saturated heterocycles. The summed E-state index contributed by atoms with van der Waals surface area (Å²) in [4.78, 5) is 10.8. The minimum Gasteiger partial charge on any atom is -0.478 e. The Morgan fingerprint density at radius 1 is 1.71 bits per heavy atom. The second kappa shape index (κ2) is 4.27. The van der Waals surface area contributed by atoms with E-state index in [1.807, 2.05) is 19.1 Å². The van der Waals surface area contributed by atoms with E-state index in [4.69, 9.17) is 5.11 Å². The van der Waals surface area contributed by atoms with Crippen LogP contribution in [0.2, 0.25) is 0 Å². The van der Waals surface area contributed by atoms with Gasteiger partial charge < -0.3 is 5.11 Å². The number of hydrogen-bond acceptors (Lipinski definition) is 1. The van der Waals surface area contributed by atoms with Gasteiger partial charge in [0.25, 0.3) is 0 Å². The molecule has 2 heteroatoms. The lowest BCUT2D eigenvalue weighted by Crippen LogP contribution is -2.17. The zero-order valence-electron chi connectivity index (χ0n) is 8.66. The van der Waals surface area contributed by atoms with Crippen LogP contribution in [-0.4, -0.2) is 11.1 Å². The fourth-order valence-electron chi connectivity index (χ4n) is 1.56. The van der Waals surface area contributed by atoms with Gasteiger partial charge in [-0.2, -0.15) is 0 Å². The van der Waals surface area contributed by atoms with E-state index in [2.05, 4.69) is 19.1 Å². The summed E-state index contributed by atoms with van der Waals surface area (Å²) in [6.45, 7) is 4.12. The average molecular weight is 192 g/mol. The molecule has 0 bridgehead atoms. The predicted octanol–water partition coefficient (Wildman–Crippen LogP) is 2.93. The van der Waals surface area contributed by atoms with Crippen molar-refractivity contribution in [3.05, 3.63) is 36.0 Å². The molecule has 76 valence electrons. The molecule has 1 N–H and O–H groups in total. The summed E-state index contributed by atoms with van der Waals surface area (Å²) in [5, 5.41) is 8.87. The Hall–Kier alpha value is -1.31. The van der Waals surface area contributed by atoms with Gasteiger partial charge in [-0.15, -0.1) is 0 Å². The van der Waals surface area contributed by atoms with Gasteiger partial charge in [0.15, 0.2) is 0 Å². The molecule has 14 heavy (non-hydrogen) atoms. The van der Waals surface area contributed by atoms with Crippen molar-refractivity contribution in [2.45, 2.75) is 26.7 Å². The van der Waals surface area contributed by atoms with Crippen LogP contribution in [0.1, 0.15) is 26.7 Å². The zero-order chi connectivity index (χ0) is 10.6. The molecule has 0 aromatic heterocycles. The Kier molecular flexibility index (Phi) is 3.28. The van der Waals surface area contributed by atoms with Gasteiger partial charge in [-0.3, -0.25) is 0 Å². The summed E-state index contributed by atoms with van der Waals surface area (Å²) < 4.78 is 0. The van der Waals surface area contributed by atoms with Crippen LogP contribution in [0.3, 0.4) is 0 Å². The lowest BCUT2D eigenvalue weighted by Gasteiger charge is -2.24. The third-order valence-electron chi connectivity index (χ3n) is 2.35. The molecule has 0 aromatic carbocycles. The van der Waals surface area contributed by atoms with E-state index in [-0.39, 0.29) is 5.41 Å². The van der Waals surface area contributed by atoms with E-state index in [1.54, 1.807) is 6.08 Å². The van der Waals surface area contributed by atoms with Crippen LogP contribution in [0.25, 0.3) is 0 Å². The molecule has 0 fully saturated rings. The monoisotopic (exact) mass is 192 g/mol. The average Bonchev–Trinajstić information content (AvgIpc) is 2.15. The summed E-state index contributed by atoms with van der Waals surface area (Å²) in [5.74, 6) is -0.814. The Morgan fingerprint density at radius 2 is 2.43 bits per heavy atom. The molecule has 0 amide bonds. The molecule has 1 aliphatic rings. The van der Waals surface area contributed by atoms with Crippen molar-refractivity contribution in [2.24, 2.45) is 5.41 Å². The van der Waals surface area contributed by atoms with Crippen molar-refractivity contribution < 1.29 is 9.90 Å². The minimum absolute atomic E-state index is 0.127. The van der Waals surface area contributed by atoms with Crippen LogP contribution in [0, 0.1) is 5.41 Å². The van der Waals surface area contributed by atoms with Gasteiger partial charge in [0.1, 0.15) is 0 Å². The third kappa shape index (κ3) is 2.59. The van der Waals surface area contributed by atoms with Gasteiger partial charge in [0.2, 0.25) is 0 Å². The van der Waals surface area contributed by atoms with E-state index in [0.717, 1.165) is 6.42 Å². The Balaban J connectivity index is 2.79. The number of allylic oxidation sites excluding steroid dienone is 5. The van der Waals surface area contributed by atoms with E-state index in [1.165, 1.54) is 0 Å². The zero-order valence-corrected chi connectivity index (χ0v) is 8.66. The maximum atomic E-state index is 10.8. The first-order valence-corrected chi connectivity index (χ1v) is 4.87. The van der Waals surface area contributed by atoms with Gasteiger partial charge in [-0.25, -0.2) is 4.79 Å². The Morgan fingerprint density at radius 3 is 3.00 bits per heavy atom. The Bertz CT molecular complexity index is 310. The van der Waals surface area contributed by atoms with Crippen molar-refractivity contribution in [1.82, 2.24) is 0 Å². The highest BCUT2D eigenvalue weighted by molar-refractivity contribution is 5.87. The lowest BCUT2D eigenvalue weighted by molar-refractivity contribution is -0.133. The van der Waals surface area contributed by atoms with E-state index >= 15 is 0 Å². The second-order valence-corrected chi connectivity index (χ2v) is 3.85. The quantitative estimate of drug-likeness (QED) is 0.698. The van der Waals surface area contributed by atoms with Gasteiger partial charge in [0, 0.05) is 11.0 Å². The van der Waals surface area contributed by atoms with Crippen LogP contribution in [-0.2, 0) is 4.79 Å². The summed E-state index contributed by atoms with van der Waals surface area (Å²) in [5.41, 5.74) is 0.356. The fraction of sp³-hybridized carbons (Fsp3) is 0.417. The Labute approximate surface area is 84.6 Å². The van der Waals surface area contributed by atoms with Crippen LogP contribution in [0.5, 0.6) is 0 Å². The minimum atomic E-state index is -0.814.